The van der Waals surface area contributed by atoms with Crippen LogP contribution in [-0.4, -0.2) is 6.54 Å². The molecule has 0 spiro atoms. The Labute approximate surface area is 134 Å². The molecule has 0 fully saturated rings. The molecule has 0 amide bonds. The Morgan fingerprint density at radius 2 is 1.76 bits per heavy atom. The summed E-state index contributed by atoms with van der Waals surface area (Å²) in [5.41, 5.74) is 0.640. The maximum atomic E-state index is 14.1. The summed E-state index contributed by atoms with van der Waals surface area (Å²) in [5.74, 6) is -0.193. The molecule has 1 nitrogen and oxygen atoms in total. The zero-order valence-electron chi connectivity index (χ0n) is 13.4. The molecular weight excluding hydrogens is 285 g/mol. The van der Waals surface area contributed by atoms with Gasteiger partial charge >= 0.3 is 0 Å². The topological polar surface area (TPSA) is 12.0 Å². The van der Waals surface area contributed by atoms with E-state index in [2.05, 4.69) is 19.2 Å². The number of hydrogen-bond acceptors (Lipinski definition) is 1. The molecule has 1 atom stereocenters. The van der Waals surface area contributed by atoms with Crippen molar-refractivity contribution in [2.45, 2.75) is 71.3 Å². The van der Waals surface area contributed by atoms with Gasteiger partial charge in [0.15, 0.2) is 0 Å². The number of benzene rings is 1. The van der Waals surface area contributed by atoms with E-state index < -0.39 is 0 Å². The summed E-state index contributed by atoms with van der Waals surface area (Å²) in [6, 6.07) is 4.98. The molecule has 21 heavy (non-hydrogen) atoms. The van der Waals surface area contributed by atoms with Crippen molar-refractivity contribution >= 4 is 11.6 Å². The molecular formula is C18H29ClFN. The molecule has 1 N–H and O–H groups in total. The average Bonchev–Trinajstić information content (AvgIpc) is 2.47. The second-order valence-electron chi connectivity index (χ2n) is 5.70. The highest BCUT2D eigenvalue weighted by Gasteiger charge is 2.17. The van der Waals surface area contributed by atoms with Crippen LogP contribution >= 0.6 is 11.6 Å². The molecule has 1 aromatic carbocycles. The quantitative estimate of drug-likeness (QED) is 0.475. The van der Waals surface area contributed by atoms with Gasteiger partial charge in [-0.2, -0.15) is 0 Å². The summed E-state index contributed by atoms with van der Waals surface area (Å²) in [4.78, 5) is 0. The van der Waals surface area contributed by atoms with Crippen molar-refractivity contribution in [3.63, 3.8) is 0 Å². The van der Waals surface area contributed by atoms with Crippen LogP contribution in [0.3, 0.4) is 0 Å². The molecule has 1 rings (SSSR count). The summed E-state index contributed by atoms with van der Waals surface area (Å²) >= 11 is 6.20. The van der Waals surface area contributed by atoms with E-state index >= 15 is 0 Å². The van der Waals surface area contributed by atoms with Gasteiger partial charge in [-0.05, 0) is 31.5 Å². The van der Waals surface area contributed by atoms with Crippen LogP contribution in [0.25, 0.3) is 0 Å². The van der Waals surface area contributed by atoms with E-state index in [0.29, 0.717) is 10.6 Å². The SMILES string of the molecule is CCCCCCCCC(NCCC)c1c(F)cccc1Cl. The average molecular weight is 314 g/mol. The lowest BCUT2D eigenvalue weighted by atomic mass is 9.98. The maximum Gasteiger partial charge on any atom is 0.129 e. The highest BCUT2D eigenvalue weighted by molar-refractivity contribution is 6.31. The third-order valence-electron chi connectivity index (χ3n) is 3.84. The van der Waals surface area contributed by atoms with E-state index in [1.807, 2.05) is 0 Å². The first kappa shape index (κ1) is 18.4. The van der Waals surface area contributed by atoms with E-state index in [1.54, 1.807) is 12.1 Å². The van der Waals surface area contributed by atoms with Gasteiger partial charge in [0.2, 0.25) is 0 Å². The van der Waals surface area contributed by atoms with Gasteiger partial charge in [-0.3, -0.25) is 0 Å². The summed E-state index contributed by atoms with van der Waals surface area (Å²) in [6.07, 6.45) is 9.50. The molecule has 0 saturated carbocycles. The number of hydrogen-bond donors (Lipinski definition) is 1. The molecule has 1 unspecified atom stereocenters. The van der Waals surface area contributed by atoms with E-state index in [0.717, 1.165) is 25.8 Å². The molecule has 0 heterocycles. The fourth-order valence-corrected chi connectivity index (χ4v) is 2.93. The molecule has 120 valence electrons. The summed E-state index contributed by atoms with van der Waals surface area (Å²) in [6.45, 7) is 5.24. The van der Waals surface area contributed by atoms with Crippen LogP contribution in [0.4, 0.5) is 4.39 Å². The number of halogens is 2. The molecule has 1 aromatic rings. The smallest absolute Gasteiger partial charge is 0.129 e. The second kappa shape index (κ2) is 11.0. The van der Waals surface area contributed by atoms with E-state index in [4.69, 9.17) is 11.6 Å². The van der Waals surface area contributed by atoms with E-state index in [-0.39, 0.29) is 11.9 Å². The molecule has 0 bridgehead atoms. The van der Waals surface area contributed by atoms with Crippen LogP contribution in [0.2, 0.25) is 5.02 Å². The molecule has 3 heteroatoms. The summed E-state index contributed by atoms with van der Waals surface area (Å²) < 4.78 is 14.1. The first-order chi connectivity index (χ1) is 10.2. The minimum absolute atomic E-state index is 0.0322. The van der Waals surface area contributed by atoms with Crippen molar-refractivity contribution in [2.24, 2.45) is 0 Å². The summed E-state index contributed by atoms with van der Waals surface area (Å²) in [5, 5.41) is 3.98. The minimum Gasteiger partial charge on any atom is -0.310 e. The Morgan fingerprint density at radius 3 is 2.43 bits per heavy atom. The first-order valence-electron chi connectivity index (χ1n) is 8.38. The fraction of sp³-hybridized carbons (Fsp3) is 0.667. The molecule has 0 saturated heterocycles. The molecule has 0 aliphatic carbocycles. The zero-order chi connectivity index (χ0) is 15.5. The van der Waals surface area contributed by atoms with Crippen molar-refractivity contribution in [3.8, 4) is 0 Å². The highest BCUT2D eigenvalue weighted by Crippen LogP contribution is 2.29. The molecule has 0 aromatic heterocycles. The van der Waals surface area contributed by atoms with E-state index in [9.17, 15) is 4.39 Å². The lowest BCUT2D eigenvalue weighted by Crippen LogP contribution is -2.23. The van der Waals surface area contributed by atoms with Crippen LogP contribution in [0.15, 0.2) is 18.2 Å². The lowest BCUT2D eigenvalue weighted by Gasteiger charge is -2.21. The van der Waals surface area contributed by atoms with Gasteiger partial charge in [-0.25, -0.2) is 4.39 Å². The Morgan fingerprint density at radius 1 is 1.05 bits per heavy atom. The van der Waals surface area contributed by atoms with Gasteiger partial charge in [0.1, 0.15) is 5.82 Å². The van der Waals surface area contributed by atoms with Gasteiger partial charge in [-0.1, -0.05) is 70.0 Å². The lowest BCUT2D eigenvalue weighted by molar-refractivity contribution is 0.449. The number of unbranched alkanes of at least 4 members (excludes halogenated alkanes) is 5. The standard InChI is InChI=1S/C18H29ClFN/c1-3-5-6-7-8-9-13-17(21-14-4-2)18-15(19)11-10-12-16(18)20/h10-12,17,21H,3-9,13-14H2,1-2H3. The van der Waals surface area contributed by atoms with Gasteiger partial charge in [0.05, 0.1) is 0 Å². The second-order valence-corrected chi connectivity index (χ2v) is 6.11. The third kappa shape index (κ3) is 6.80. The summed E-state index contributed by atoms with van der Waals surface area (Å²) in [7, 11) is 0. The molecule has 0 radical (unpaired) electrons. The Kier molecular flexibility index (Phi) is 9.69. The number of nitrogens with one attached hydrogen (secondary N) is 1. The van der Waals surface area contributed by atoms with Crippen LogP contribution in [0.5, 0.6) is 0 Å². The highest BCUT2D eigenvalue weighted by atomic mass is 35.5. The predicted molar refractivity (Wildman–Crippen MR) is 90.4 cm³/mol. The Hall–Kier alpha value is -0.600. The van der Waals surface area contributed by atoms with Crippen molar-refractivity contribution < 1.29 is 4.39 Å². The van der Waals surface area contributed by atoms with Crippen LogP contribution in [-0.2, 0) is 0 Å². The largest absolute Gasteiger partial charge is 0.310 e. The maximum absolute atomic E-state index is 14.1. The third-order valence-corrected chi connectivity index (χ3v) is 4.16. The van der Waals surface area contributed by atoms with Crippen molar-refractivity contribution in [1.82, 2.24) is 5.32 Å². The predicted octanol–water partition coefficient (Wildman–Crippen LogP) is 6.27. The van der Waals surface area contributed by atoms with Crippen molar-refractivity contribution in [1.29, 1.82) is 0 Å². The van der Waals surface area contributed by atoms with Gasteiger partial charge in [0, 0.05) is 16.6 Å². The van der Waals surface area contributed by atoms with Crippen LogP contribution in [0, 0.1) is 5.82 Å². The molecule has 0 aliphatic rings. The zero-order valence-corrected chi connectivity index (χ0v) is 14.2. The monoisotopic (exact) mass is 313 g/mol. The molecule has 0 aliphatic heterocycles. The number of rotatable bonds is 11. The van der Waals surface area contributed by atoms with Crippen LogP contribution in [0.1, 0.15) is 76.8 Å². The Bertz CT molecular complexity index is 375. The van der Waals surface area contributed by atoms with E-state index in [1.165, 1.54) is 38.2 Å². The van der Waals surface area contributed by atoms with Crippen molar-refractivity contribution in [2.75, 3.05) is 6.54 Å². The van der Waals surface area contributed by atoms with Crippen molar-refractivity contribution in [3.05, 3.63) is 34.6 Å². The van der Waals surface area contributed by atoms with Gasteiger partial charge in [0.25, 0.3) is 0 Å². The fourth-order valence-electron chi connectivity index (χ4n) is 2.64. The Balaban J connectivity index is 2.55. The normalized spacial score (nSPS) is 12.6. The minimum atomic E-state index is -0.193. The van der Waals surface area contributed by atoms with Gasteiger partial charge in [-0.15, -0.1) is 0 Å². The van der Waals surface area contributed by atoms with Crippen LogP contribution < -0.4 is 5.32 Å². The van der Waals surface area contributed by atoms with Gasteiger partial charge < -0.3 is 5.32 Å². The first-order valence-corrected chi connectivity index (χ1v) is 8.75.